The van der Waals surface area contributed by atoms with E-state index < -0.39 is 0 Å². The molecule has 26 heavy (non-hydrogen) atoms. The summed E-state index contributed by atoms with van der Waals surface area (Å²) in [6, 6.07) is 17.6. The molecule has 0 atom stereocenters. The topological polar surface area (TPSA) is 3.24 Å². The van der Waals surface area contributed by atoms with E-state index in [-0.39, 0.29) is 0 Å². The van der Waals surface area contributed by atoms with E-state index in [1.165, 1.54) is 55.2 Å². The minimum absolute atomic E-state index is 0.689. The molecule has 0 radical (unpaired) electrons. The van der Waals surface area contributed by atoms with Crippen molar-refractivity contribution in [3.8, 4) is 0 Å². The first kappa shape index (κ1) is 19.5. The second-order valence-corrected chi connectivity index (χ2v) is 8.24. The Bertz CT molecular complexity index is 661. The van der Waals surface area contributed by atoms with E-state index in [1.54, 1.807) is 0 Å². The number of halogens is 1. The summed E-state index contributed by atoms with van der Waals surface area (Å²) in [6.45, 7) is 2.25. The number of nitrogens with zero attached hydrogens (tertiary/aromatic N) is 1. The molecular weight excluding hydrogens is 338 g/mol. The first-order valence-corrected chi connectivity index (χ1v) is 10.6. The van der Waals surface area contributed by atoms with Crippen LogP contribution >= 0.6 is 11.6 Å². The van der Waals surface area contributed by atoms with Crippen LogP contribution in [0, 0.1) is 0 Å². The molecule has 1 fully saturated rings. The van der Waals surface area contributed by atoms with Gasteiger partial charge in [0.15, 0.2) is 0 Å². The fourth-order valence-electron chi connectivity index (χ4n) is 4.10. The zero-order valence-corrected chi connectivity index (χ0v) is 16.8. The second kappa shape index (κ2) is 10.1. The highest BCUT2D eigenvalue weighted by molar-refractivity contribution is 6.31. The minimum atomic E-state index is 0.689. The fraction of sp³-hybridized carbons (Fsp3) is 0.500. The Morgan fingerprint density at radius 1 is 0.885 bits per heavy atom. The van der Waals surface area contributed by atoms with Gasteiger partial charge in [0.2, 0.25) is 0 Å². The van der Waals surface area contributed by atoms with E-state index in [0.717, 1.165) is 31.0 Å². The van der Waals surface area contributed by atoms with Crippen molar-refractivity contribution in [3.63, 3.8) is 0 Å². The van der Waals surface area contributed by atoms with Crippen LogP contribution in [-0.2, 0) is 12.8 Å². The second-order valence-electron chi connectivity index (χ2n) is 7.83. The molecule has 1 aliphatic rings. The Labute approximate surface area is 164 Å². The van der Waals surface area contributed by atoms with Gasteiger partial charge in [0.05, 0.1) is 0 Å². The zero-order chi connectivity index (χ0) is 18.2. The van der Waals surface area contributed by atoms with Crippen LogP contribution in [0.1, 0.15) is 61.1 Å². The van der Waals surface area contributed by atoms with Crippen LogP contribution in [0.15, 0.2) is 48.5 Å². The van der Waals surface area contributed by atoms with Crippen molar-refractivity contribution < 1.29 is 0 Å². The molecule has 1 aliphatic carbocycles. The minimum Gasteiger partial charge on any atom is -0.306 e. The van der Waals surface area contributed by atoms with Gasteiger partial charge < -0.3 is 4.90 Å². The smallest absolute Gasteiger partial charge is 0.0443 e. The average Bonchev–Trinajstić information content (AvgIpc) is 2.68. The van der Waals surface area contributed by atoms with Gasteiger partial charge in [0.1, 0.15) is 0 Å². The highest BCUT2D eigenvalue weighted by Crippen LogP contribution is 2.36. The third kappa shape index (κ3) is 5.86. The molecule has 0 amide bonds. The Kier molecular flexibility index (Phi) is 7.58. The molecule has 2 aromatic rings. The lowest BCUT2D eigenvalue weighted by atomic mass is 9.84. The van der Waals surface area contributed by atoms with Crippen molar-refractivity contribution in [2.24, 2.45) is 0 Å². The van der Waals surface area contributed by atoms with Gasteiger partial charge in [0, 0.05) is 11.6 Å². The van der Waals surface area contributed by atoms with E-state index >= 15 is 0 Å². The standard InChI is InChI=1S/C24H32ClN/c1-26(18-16-20-9-4-2-5-10-20)17-8-11-21-14-15-23(24(25)19-21)22-12-6-3-7-13-22/h2,4-5,9-10,14-15,19,22H,3,6-8,11-13,16-18H2,1H3. The summed E-state index contributed by atoms with van der Waals surface area (Å²) in [4.78, 5) is 2.44. The lowest BCUT2D eigenvalue weighted by Gasteiger charge is -2.23. The molecule has 0 saturated heterocycles. The monoisotopic (exact) mass is 369 g/mol. The van der Waals surface area contributed by atoms with E-state index in [0.29, 0.717) is 5.92 Å². The molecule has 0 aliphatic heterocycles. The molecule has 3 rings (SSSR count). The first-order chi connectivity index (χ1) is 12.7. The van der Waals surface area contributed by atoms with Crippen LogP contribution in [0.5, 0.6) is 0 Å². The van der Waals surface area contributed by atoms with Crippen LogP contribution in [0.2, 0.25) is 5.02 Å². The van der Waals surface area contributed by atoms with Gasteiger partial charge in [0.25, 0.3) is 0 Å². The summed E-state index contributed by atoms with van der Waals surface area (Å²) in [5, 5.41) is 0.992. The summed E-state index contributed by atoms with van der Waals surface area (Å²) < 4.78 is 0. The number of rotatable bonds is 8. The summed E-state index contributed by atoms with van der Waals surface area (Å²) in [6.07, 6.45) is 10.2. The lowest BCUT2D eigenvalue weighted by molar-refractivity contribution is 0.333. The Balaban J connectivity index is 1.42. The average molecular weight is 370 g/mol. The van der Waals surface area contributed by atoms with E-state index in [2.05, 4.69) is 60.5 Å². The van der Waals surface area contributed by atoms with Gasteiger partial charge in [-0.2, -0.15) is 0 Å². The maximum atomic E-state index is 6.61. The van der Waals surface area contributed by atoms with E-state index in [1.807, 2.05) is 0 Å². The molecular formula is C24H32ClN. The molecule has 0 bridgehead atoms. The highest BCUT2D eigenvalue weighted by atomic mass is 35.5. The van der Waals surface area contributed by atoms with Crippen LogP contribution < -0.4 is 0 Å². The third-order valence-electron chi connectivity index (χ3n) is 5.74. The number of likely N-dealkylation sites (N-methyl/N-ethyl adjacent to an activating group) is 1. The van der Waals surface area contributed by atoms with Gasteiger partial charge in [-0.3, -0.25) is 0 Å². The number of hydrogen-bond acceptors (Lipinski definition) is 1. The van der Waals surface area contributed by atoms with Crippen molar-refractivity contribution in [3.05, 3.63) is 70.2 Å². The predicted molar refractivity (Wildman–Crippen MR) is 113 cm³/mol. The molecule has 0 spiro atoms. The SMILES string of the molecule is CN(CCCc1ccc(C2CCCCC2)c(Cl)c1)CCc1ccccc1. The number of benzene rings is 2. The van der Waals surface area contributed by atoms with Gasteiger partial charge >= 0.3 is 0 Å². The molecule has 0 unspecified atom stereocenters. The van der Waals surface area contributed by atoms with Crippen molar-refractivity contribution in [2.45, 2.75) is 57.3 Å². The molecule has 1 saturated carbocycles. The Morgan fingerprint density at radius 2 is 1.65 bits per heavy atom. The summed E-state index contributed by atoms with van der Waals surface area (Å²) in [5.41, 5.74) is 4.19. The van der Waals surface area contributed by atoms with Crippen molar-refractivity contribution >= 4 is 11.6 Å². The molecule has 140 valence electrons. The van der Waals surface area contributed by atoms with E-state index in [9.17, 15) is 0 Å². The Hall–Kier alpha value is -1.31. The largest absolute Gasteiger partial charge is 0.306 e. The summed E-state index contributed by atoms with van der Waals surface area (Å²) in [7, 11) is 2.22. The number of hydrogen-bond donors (Lipinski definition) is 0. The molecule has 0 N–H and O–H groups in total. The molecule has 2 heteroatoms. The van der Waals surface area contributed by atoms with Crippen LogP contribution in [0.3, 0.4) is 0 Å². The maximum absolute atomic E-state index is 6.61. The molecule has 1 nitrogen and oxygen atoms in total. The molecule has 0 heterocycles. The van der Waals surface area contributed by atoms with Gasteiger partial charge in [-0.05, 0) is 74.4 Å². The first-order valence-electron chi connectivity index (χ1n) is 10.2. The Morgan fingerprint density at radius 3 is 2.38 bits per heavy atom. The fourth-order valence-corrected chi connectivity index (χ4v) is 4.46. The third-order valence-corrected chi connectivity index (χ3v) is 6.07. The quantitative estimate of drug-likeness (QED) is 0.513. The summed E-state index contributed by atoms with van der Waals surface area (Å²) >= 11 is 6.61. The van der Waals surface area contributed by atoms with Crippen molar-refractivity contribution in [1.82, 2.24) is 4.90 Å². The molecule has 0 aromatic heterocycles. The predicted octanol–water partition coefficient (Wildman–Crippen LogP) is 6.49. The van der Waals surface area contributed by atoms with Crippen molar-refractivity contribution in [1.29, 1.82) is 0 Å². The summed E-state index contributed by atoms with van der Waals surface area (Å²) in [5.74, 6) is 0.689. The lowest BCUT2D eigenvalue weighted by Crippen LogP contribution is -2.22. The van der Waals surface area contributed by atoms with Gasteiger partial charge in [-0.1, -0.05) is 73.3 Å². The van der Waals surface area contributed by atoms with Gasteiger partial charge in [-0.15, -0.1) is 0 Å². The van der Waals surface area contributed by atoms with Crippen LogP contribution in [0.4, 0.5) is 0 Å². The van der Waals surface area contributed by atoms with Crippen LogP contribution in [-0.4, -0.2) is 25.0 Å². The van der Waals surface area contributed by atoms with Crippen LogP contribution in [0.25, 0.3) is 0 Å². The zero-order valence-electron chi connectivity index (χ0n) is 16.1. The highest BCUT2D eigenvalue weighted by Gasteiger charge is 2.18. The normalized spacial score (nSPS) is 15.5. The van der Waals surface area contributed by atoms with Gasteiger partial charge in [-0.25, -0.2) is 0 Å². The van der Waals surface area contributed by atoms with Crippen molar-refractivity contribution in [2.75, 3.05) is 20.1 Å². The number of aryl methyl sites for hydroxylation is 1. The molecule has 2 aromatic carbocycles. The maximum Gasteiger partial charge on any atom is 0.0443 e. The van der Waals surface area contributed by atoms with E-state index in [4.69, 9.17) is 11.6 Å².